The predicted octanol–water partition coefficient (Wildman–Crippen LogP) is 3.98. The topological polar surface area (TPSA) is 58.0 Å². The van der Waals surface area contributed by atoms with E-state index in [0.717, 1.165) is 34.4 Å². The van der Waals surface area contributed by atoms with E-state index in [1.54, 1.807) is 17.7 Å². The van der Waals surface area contributed by atoms with Crippen LogP contribution >= 0.6 is 22.9 Å². The van der Waals surface area contributed by atoms with Crippen molar-refractivity contribution in [3.8, 4) is 0 Å². The number of halogens is 1. The number of rotatable bonds is 4. The third kappa shape index (κ3) is 2.69. The van der Waals surface area contributed by atoms with Gasteiger partial charge in [-0.15, -0.1) is 11.3 Å². The van der Waals surface area contributed by atoms with E-state index >= 15 is 0 Å². The molecule has 0 saturated carbocycles. The zero-order chi connectivity index (χ0) is 15.8. The van der Waals surface area contributed by atoms with Crippen molar-refractivity contribution in [3.63, 3.8) is 0 Å². The number of nitrogens with one attached hydrogen (secondary N) is 1. The van der Waals surface area contributed by atoms with Gasteiger partial charge in [0.15, 0.2) is 0 Å². The van der Waals surface area contributed by atoms with Gasteiger partial charge in [0, 0.05) is 9.90 Å². The van der Waals surface area contributed by atoms with Gasteiger partial charge in [0.25, 0.3) is 0 Å². The van der Waals surface area contributed by atoms with E-state index in [-0.39, 0.29) is 12.6 Å². The molecule has 0 spiro atoms. The van der Waals surface area contributed by atoms with Gasteiger partial charge >= 0.3 is 0 Å². The third-order valence-corrected chi connectivity index (χ3v) is 5.72. The average molecular weight is 346 g/mol. The summed E-state index contributed by atoms with van der Waals surface area (Å²) < 4.78 is 0. The number of thiophene rings is 1. The van der Waals surface area contributed by atoms with Crippen LogP contribution in [0.5, 0.6) is 0 Å². The standard InChI is InChI=1S/C17H16ClN3OS/c18-11-6-4-10(5-7-11)13(8-22)21-16-15-12-2-1-3-14(12)23-17(15)20-9-19-16/h4-7,9,13,22H,1-3,8H2,(H,19,20,21). The second-order valence-corrected chi connectivity index (χ2v) is 7.21. The minimum Gasteiger partial charge on any atom is -0.394 e. The lowest BCUT2D eigenvalue weighted by atomic mass is 10.1. The van der Waals surface area contributed by atoms with Gasteiger partial charge in [-0.1, -0.05) is 23.7 Å². The number of hydrogen-bond acceptors (Lipinski definition) is 5. The summed E-state index contributed by atoms with van der Waals surface area (Å²) in [4.78, 5) is 11.3. The first-order valence-corrected chi connectivity index (χ1v) is 8.84. The van der Waals surface area contributed by atoms with Crippen LogP contribution < -0.4 is 5.32 Å². The fourth-order valence-electron chi connectivity index (χ4n) is 3.13. The summed E-state index contributed by atoms with van der Waals surface area (Å²) in [7, 11) is 0. The Bertz CT molecular complexity index is 847. The van der Waals surface area contributed by atoms with Crippen LogP contribution in [-0.2, 0) is 12.8 Å². The summed E-state index contributed by atoms with van der Waals surface area (Å²) in [5.41, 5.74) is 2.36. The Morgan fingerprint density at radius 3 is 2.83 bits per heavy atom. The van der Waals surface area contributed by atoms with Gasteiger partial charge in [0.1, 0.15) is 17.0 Å². The predicted molar refractivity (Wildman–Crippen MR) is 94.3 cm³/mol. The number of fused-ring (bicyclic) bond motifs is 3. The molecule has 4 nitrogen and oxygen atoms in total. The number of aryl methyl sites for hydroxylation is 2. The van der Waals surface area contributed by atoms with E-state index < -0.39 is 0 Å². The molecule has 0 aliphatic heterocycles. The highest BCUT2D eigenvalue weighted by molar-refractivity contribution is 7.19. The van der Waals surface area contributed by atoms with Gasteiger partial charge in [-0.2, -0.15) is 0 Å². The maximum absolute atomic E-state index is 9.79. The smallest absolute Gasteiger partial charge is 0.139 e. The normalized spacial score (nSPS) is 14.9. The first-order valence-electron chi connectivity index (χ1n) is 7.64. The fourth-order valence-corrected chi connectivity index (χ4v) is 4.49. The molecule has 23 heavy (non-hydrogen) atoms. The van der Waals surface area contributed by atoms with Gasteiger partial charge < -0.3 is 10.4 Å². The van der Waals surface area contributed by atoms with Crippen LogP contribution in [0.15, 0.2) is 30.6 Å². The third-order valence-electron chi connectivity index (χ3n) is 4.27. The highest BCUT2D eigenvalue weighted by Gasteiger charge is 2.22. The molecular weight excluding hydrogens is 330 g/mol. The van der Waals surface area contributed by atoms with Crippen molar-refractivity contribution in [2.75, 3.05) is 11.9 Å². The second-order valence-electron chi connectivity index (χ2n) is 5.69. The van der Waals surface area contributed by atoms with Gasteiger partial charge in [-0.3, -0.25) is 0 Å². The lowest BCUT2D eigenvalue weighted by Gasteiger charge is -2.18. The van der Waals surface area contributed by atoms with Gasteiger partial charge in [0.2, 0.25) is 0 Å². The fraction of sp³-hybridized carbons (Fsp3) is 0.294. The van der Waals surface area contributed by atoms with Crippen molar-refractivity contribution in [1.29, 1.82) is 0 Å². The van der Waals surface area contributed by atoms with Gasteiger partial charge in [0.05, 0.1) is 18.0 Å². The number of aliphatic hydroxyl groups is 1. The van der Waals surface area contributed by atoms with E-state index in [9.17, 15) is 5.11 Å². The van der Waals surface area contributed by atoms with Gasteiger partial charge in [-0.25, -0.2) is 9.97 Å². The maximum atomic E-state index is 9.79. The van der Waals surface area contributed by atoms with Crippen LogP contribution in [0.1, 0.15) is 28.5 Å². The van der Waals surface area contributed by atoms with Crippen LogP contribution in [0.4, 0.5) is 5.82 Å². The Morgan fingerprint density at radius 1 is 1.22 bits per heavy atom. The molecule has 1 aliphatic rings. The van der Waals surface area contributed by atoms with E-state index in [2.05, 4.69) is 15.3 Å². The van der Waals surface area contributed by atoms with E-state index in [0.29, 0.717) is 5.02 Å². The summed E-state index contributed by atoms with van der Waals surface area (Å²) in [6.45, 7) is -0.0144. The summed E-state index contributed by atoms with van der Waals surface area (Å²) in [5.74, 6) is 0.809. The van der Waals surface area contributed by atoms with Crippen molar-refractivity contribution in [1.82, 2.24) is 9.97 Å². The maximum Gasteiger partial charge on any atom is 0.139 e. The highest BCUT2D eigenvalue weighted by atomic mass is 35.5. The lowest BCUT2D eigenvalue weighted by Crippen LogP contribution is -2.16. The first kappa shape index (κ1) is 14.9. The monoisotopic (exact) mass is 345 g/mol. The minimum atomic E-state index is -0.220. The Hall–Kier alpha value is -1.69. The number of aliphatic hydroxyl groups excluding tert-OH is 1. The van der Waals surface area contributed by atoms with Crippen molar-refractivity contribution < 1.29 is 5.11 Å². The molecule has 2 aromatic heterocycles. The largest absolute Gasteiger partial charge is 0.394 e. The van der Waals surface area contributed by atoms with Gasteiger partial charge in [-0.05, 0) is 42.5 Å². The molecule has 3 aromatic rings. The zero-order valence-electron chi connectivity index (χ0n) is 12.4. The number of aromatic nitrogens is 2. The Morgan fingerprint density at radius 2 is 2.04 bits per heavy atom. The van der Waals surface area contributed by atoms with Crippen LogP contribution in [0.25, 0.3) is 10.2 Å². The molecular formula is C17H16ClN3OS. The van der Waals surface area contributed by atoms with E-state index in [4.69, 9.17) is 11.6 Å². The number of hydrogen-bond donors (Lipinski definition) is 2. The molecule has 1 atom stereocenters. The summed E-state index contributed by atoms with van der Waals surface area (Å²) in [5, 5.41) is 15.0. The SMILES string of the molecule is OCC(Nc1ncnc2sc3c(c12)CCC3)c1ccc(Cl)cc1. The highest BCUT2D eigenvalue weighted by Crippen LogP contribution is 2.39. The van der Waals surface area contributed by atoms with Crippen molar-refractivity contribution in [2.24, 2.45) is 0 Å². The van der Waals surface area contributed by atoms with Crippen LogP contribution in [0.3, 0.4) is 0 Å². The summed E-state index contributed by atoms with van der Waals surface area (Å²) in [6.07, 6.45) is 5.01. The summed E-state index contributed by atoms with van der Waals surface area (Å²) in [6, 6.07) is 7.29. The van der Waals surface area contributed by atoms with Crippen LogP contribution in [0.2, 0.25) is 5.02 Å². The Kier molecular flexibility index (Phi) is 3.93. The second kappa shape index (κ2) is 6.07. The molecule has 2 heterocycles. The molecule has 1 aromatic carbocycles. The molecule has 1 aliphatic carbocycles. The molecule has 1 unspecified atom stereocenters. The van der Waals surface area contributed by atoms with Crippen molar-refractivity contribution >= 4 is 39.0 Å². The van der Waals surface area contributed by atoms with Crippen LogP contribution in [0, 0.1) is 0 Å². The van der Waals surface area contributed by atoms with Crippen LogP contribution in [-0.4, -0.2) is 21.7 Å². The molecule has 0 radical (unpaired) electrons. The molecule has 0 amide bonds. The molecule has 2 N–H and O–H groups in total. The van der Waals surface area contributed by atoms with Crippen molar-refractivity contribution in [2.45, 2.75) is 25.3 Å². The number of anilines is 1. The van der Waals surface area contributed by atoms with Crippen molar-refractivity contribution in [3.05, 3.63) is 51.6 Å². The Labute approximate surface area is 143 Å². The summed E-state index contributed by atoms with van der Waals surface area (Å²) >= 11 is 7.71. The molecule has 118 valence electrons. The molecule has 0 bridgehead atoms. The lowest BCUT2D eigenvalue weighted by molar-refractivity contribution is 0.276. The average Bonchev–Trinajstić information content (AvgIpc) is 3.14. The van der Waals surface area contributed by atoms with E-state index in [1.807, 2.05) is 24.3 Å². The molecule has 4 rings (SSSR count). The molecule has 0 saturated heterocycles. The number of nitrogens with zero attached hydrogens (tertiary/aromatic N) is 2. The minimum absolute atomic E-state index is 0.0144. The quantitative estimate of drug-likeness (QED) is 0.751. The Balaban J connectivity index is 1.72. The number of benzene rings is 1. The zero-order valence-corrected chi connectivity index (χ0v) is 14.0. The van der Waals surface area contributed by atoms with E-state index in [1.165, 1.54) is 16.9 Å². The molecule has 0 fully saturated rings. The first-order chi connectivity index (χ1) is 11.3. The molecule has 6 heteroatoms.